The summed E-state index contributed by atoms with van der Waals surface area (Å²) in [6.45, 7) is 4.63. The van der Waals surface area contributed by atoms with Crippen LogP contribution in [0.5, 0.6) is 0 Å². The van der Waals surface area contributed by atoms with E-state index < -0.39 is 0 Å². The Bertz CT molecular complexity index is 471. The highest BCUT2D eigenvalue weighted by atomic mass is 15.3. The lowest BCUT2D eigenvalue weighted by molar-refractivity contribution is 0.857. The summed E-state index contributed by atoms with van der Waals surface area (Å²) < 4.78 is 1.87. The molecule has 1 aromatic heterocycles. The standard InChI is InChI=1S/C12H15N3/c1-9-3-4-12(11(5-9)6-13)15-8-10(2)7-14-15/h3-5,7-8H,6,13H2,1-2H3. The van der Waals surface area contributed by atoms with E-state index in [0.717, 1.165) is 16.8 Å². The van der Waals surface area contributed by atoms with Crippen LogP contribution in [0.15, 0.2) is 30.6 Å². The summed E-state index contributed by atoms with van der Waals surface area (Å²) in [6, 6.07) is 6.24. The zero-order valence-corrected chi connectivity index (χ0v) is 9.07. The molecule has 15 heavy (non-hydrogen) atoms. The van der Waals surface area contributed by atoms with Gasteiger partial charge in [0.25, 0.3) is 0 Å². The van der Waals surface area contributed by atoms with Crippen LogP contribution in [-0.4, -0.2) is 9.78 Å². The first-order valence-electron chi connectivity index (χ1n) is 5.02. The van der Waals surface area contributed by atoms with Crippen LogP contribution in [0.4, 0.5) is 0 Å². The molecular formula is C12H15N3. The highest BCUT2D eigenvalue weighted by Crippen LogP contribution is 2.15. The first-order chi connectivity index (χ1) is 7.20. The topological polar surface area (TPSA) is 43.8 Å². The molecule has 2 aromatic rings. The number of hydrogen-bond acceptors (Lipinski definition) is 2. The molecular weight excluding hydrogens is 186 g/mol. The number of hydrogen-bond donors (Lipinski definition) is 1. The Morgan fingerprint density at radius 1 is 1.27 bits per heavy atom. The van der Waals surface area contributed by atoms with Crippen molar-refractivity contribution in [1.82, 2.24) is 9.78 Å². The lowest BCUT2D eigenvalue weighted by Crippen LogP contribution is -2.05. The number of nitrogens with zero attached hydrogens (tertiary/aromatic N) is 2. The van der Waals surface area contributed by atoms with Crippen molar-refractivity contribution in [3.8, 4) is 5.69 Å². The molecule has 0 fully saturated rings. The highest BCUT2D eigenvalue weighted by Gasteiger charge is 2.04. The molecule has 0 spiro atoms. The Balaban J connectivity index is 2.52. The summed E-state index contributed by atoms with van der Waals surface area (Å²) >= 11 is 0. The van der Waals surface area contributed by atoms with Gasteiger partial charge in [-0.3, -0.25) is 0 Å². The first kappa shape index (κ1) is 9.93. The van der Waals surface area contributed by atoms with E-state index >= 15 is 0 Å². The van der Waals surface area contributed by atoms with Crippen LogP contribution in [0.25, 0.3) is 5.69 Å². The molecule has 2 rings (SSSR count). The molecule has 0 bridgehead atoms. The predicted molar refractivity (Wildman–Crippen MR) is 60.9 cm³/mol. The number of rotatable bonds is 2. The zero-order valence-electron chi connectivity index (χ0n) is 9.07. The Kier molecular flexibility index (Phi) is 2.56. The Hall–Kier alpha value is -1.61. The maximum Gasteiger partial charge on any atom is 0.0690 e. The van der Waals surface area contributed by atoms with E-state index in [4.69, 9.17) is 5.73 Å². The Labute approximate surface area is 89.5 Å². The maximum atomic E-state index is 5.72. The molecule has 3 nitrogen and oxygen atoms in total. The summed E-state index contributed by atoms with van der Waals surface area (Å²) in [5.41, 5.74) is 10.3. The number of aryl methyl sites for hydroxylation is 2. The van der Waals surface area contributed by atoms with Gasteiger partial charge < -0.3 is 5.73 Å². The molecule has 2 N–H and O–H groups in total. The normalized spacial score (nSPS) is 10.6. The maximum absolute atomic E-state index is 5.72. The summed E-state index contributed by atoms with van der Waals surface area (Å²) in [4.78, 5) is 0. The van der Waals surface area contributed by atoms with E-state index in [9.17, 15) is 0 Å². The molecule has 0 atom stereocenters. The smallest absolute Gasteiger partial charge is 0.0690 e. The SMILES string of the molecule is Cc1ccc(-n2cc(C)cn2)c(CN)c1. The lowest BCUT2D eigenvalue weighted by Gasteiger charge is -2.08. The Morgan fingerprint density at radius 3 is 2.67 bits per heavy atom. The van der Waals surface area contributed by atoms with Crippen molar-refractivity contribution in [2.45, 2.75) is 20.4 Å². The number of benzene rings is 1. The highest BCUT2D eigenvalue weighted by molar-refractivity contribution is 5.43. The monoisotopic (exact) mass is 201 g/mol. The molecule has 0 unspecified atom stereocenters. The second kappa shape index (κ2) is 3.87. The summed E-state index contributed by atoms with van der Waals surface area (Å²) in [5.74, 6) is 0. The van der Waals surface area contributed by atoms with Crippen LogP contribution in [-0.2, 0) is 6.54 Å². The van der Waals surface area contributed by atoms with E-state index in [1.165, 1.54) is 5.56 Å². The second-order valence-electron chi connectivity index (χ2n) is 3.80. The van der Waals surface area contributed by atoms with E-state index in [1.807, 2.05) is 24.0 Å². The van der Waals surface area contributed by atoms with Gasteiger partial charge in [-0.2, -0.15) is 5.10 Å². The minimum absolute atomic E-state index is 0.538. The van der Waals surface area contributed by atoms with Gasteiger partial charge in [-0.05, 0) is 31.0 Å². The third kappa shape index (κ3) is 1.92. The third-order valence-electron chi connectivity index (χ3n) is 2.41. The summed E-state index contributed by atoms with van der Waals surface area (Å²) in [6.07, 6.45) is 3.85. The van der Waals surface area contributed by atoms with Crippen molar-refractivity contribution < 1.29 is 0 Å². The van der Waals surface area contributed by atoms with Crippen molar-refractivity contribution in [3.05, 3.63) is 47.3 Å². The van der Waals surface area contributed by atoms with Gasteiger partial charge in [0.15, 0.2) is 0 Å². The fourth-order valence-electron chi connectivity index (χ4n) is 1.65. The zero-order chi connectivity index (χ0) is 10.8. The minimum atomic E-state index is 0.538. The number of aromatic nitrogens is 2. The van der Waals surface area contributed by atoms with Crippen LogP contribution in [0.1, 0.15) is 16.7 Å². The van der Waals surface area contributed by atoms with Gasteiger partial charge in [0, 0.05) is 12.7 Å². The molecule has 0 saturated carbocycles. The van der Waals surface area contributed by atoms with Crippen molar-refractivity contribution in [2.75, 3.05) is 0 Å². The number of nitrogens with two attached hydrogens (primary N) is 1. The van der Waals surface area contributed by atoms with E-state index in [-0.39, 0.29) is 0 Å². The Morgan fingerprint density at radius 2 is 2.07 bits per heavy atom. The van der Waals surface area contributed by atoms with Gasteiger partial charge >= 0.3 is 0 Å². The van der Waals surface area contributed by atoms with E-state index in [2.05, 4.69) is 30.2 Å². The van der Waals surface area contributed by atoms with Crippen LogP contribution >= 0.6 is 0 Å². The minimum Gasteiger partial charge on any atom is -0.326 e. The van der Waals surface area contributed by atoms with Crippen molar-refractivity contribution in [1.29, 1.82) is 0 Å². The fraction of sp³-hybridized carbons (Fsp3) is 0.250. The molecule has 0 aliphatic rings. The predicted octanol–water partition coefficient (Wildman–Crippen LogP) is 1.95. The molecule has 0 aliphatic heterocycles. The van der Waals surface area contributed by atoms with Crippen LogP contribution in [0.2, 0.25) is 0 Å². The molecule has 1 heterocycles. The molecule has 0 amide bonds. The molecule has 3 heteroatoms. The van der Waals surface area contributed by atoms with Gasteiger partial charge in [0.2, 0.25) is 0 Å². The van der Waals surface area contributed by atoms with Crippen molar-refractivity contribution >= 4 is 0 Å². The largest absolute Gasteiger partial charge is 0.326 e. The van der Waals surface area contributed by atoms with Gasteiger partial charge in [-0.15, -0.1) is 0 Å². The van der Waals surface area contributed by atoms with Crippen molar-refractivity contribution in [2.24, 2.45) is 5.73 Å². The fourth-order valence-corrected chi connectivity index (χ4v) is 1.65. The molecule has 1 aromatic carbocycles. The molecule has 0 radical (unpaired) electrons. The third-order valence-corrected chi connectivity index (χ3v) is 2.41. The average molecular weight is 201 g/mol. The molecule has 0 aliphatic carbocycles. The van der Waals surface area contributed by atoms with Gasteiger partial charge in [0.05, 0.1) is 11.9 Å². The van der Waals surface area contributed by atoms with Crippen LogP contribution in [0.3, 0.4) is 0 Å². The molecule has 78 valence electrons. The average Bonchev–Trinajstić information content (AvgIpc) is 2.64. The first-order valence-corrected chi connectivity index (χ1v) is 5.02. The summed E-state index contributed by atoms with van der Waals surface area (Å²) in [5, 5.41) is 4.29. The van der Waals surface area contributed by atoms with Gasteiger partial charge in [-0.1, -0.05) is 17.7 Å². The van der Waals surface area contributed by atoms with Gasteiger partial charge in [0.1, 0.15) is 0 Å². The van der Waals surface area contributed by atoms with Gasteiger partial charge in [-0.25, -0.2) is 4.68 Å². The quantitative estimate of drug-likeness (QED) is 0.807. The molecule has 0 saturated heterocycles. The lowest BCUT2D eigenvalue weighted by atomic mass is 10.1. The van der Waals surface area contributed by atoms with Crippen LogP contribution < -0.4 is 5.73 Å². The van der Waals surface area contributed by atoms with Crippen molar-refractivity contribution in [3.63, 3.8) is 0 Å². The van der Waals surface area contributed by atoms with E-state index in [0.29, 0.717) is 6.54 Å². The second-order valence-corrected chi connectivity index (χ2v) is 3.80. The van der Waals surface area contributed by atoms with Crippen LogP contribution in [0, 0.1) is 13.8 Å². The van der Waals surface area contributed by atoms with E-state index in [1.54, 1.807) is 0 Å². The summed E-state index contributed by atoms with van der Waals surface area (Å²) in [7, 11) is 0.